The topological polar surface area (TPSA) is 20.2 Å². The van der Waals surface area contributed by atoms with E-state index in [1.807, 2.05) is 13.0 Å². The van der Waals surface area contributed by atoms with Crippen molar-refractivity contribution in [2.75, 3.05) is 0 Å². The minimum absolute atomic E-state index is 0.440. The lowest BCUT2D eigenvalue weighted by Crippen LogP contribution is -1.94. The molecule has 1 heteroatoms. The van der Waals surface area contributed by atoms with Crippen LogP contribution in [-0.2, 0) is 0 Å². The van der Waals surface area contributed by atoms with Crippen molar-refractivity contribution in [2.24, 2.45) is 0 Å². The molecule has 92 valence electrons. The third kappa shape index (κ3) is 1.39. The fraction of sp³-hybridized carbons (Fsp3) is 0.111. The van der Waals surface area contributed by atoms with E-state index >= 15 is 0 Å². The van der Waals surface area contributed by atoms with Crippen LogP contribution in [0, 0.1) is 0 Å². The Labute approximate surface area is 111 Å². The molecule has 4 rings (SSSR count). The Balaban J connectivity index is 2.35. The highest BCUT2D eigenvalue weighted by Gasteiger charge is 2.12. The molecule has 0 amide bonds. The minimum Gasteiger partial charge on any atom is -0.389 e. The number of aliphatic hydroxyl groups excluding tert-OH is 1. The van der Waals surface area contributed by atoms with Crippen molar-refractivity contribution in [2.45, 2.75) is 13.0 Å². The van der Waals surface area contributed by atoms with Gasteiger partial charge in [0.2, 0.25) is 0 Å². The standard InChI is InChI=1S/C18H14O/c1-11(19)15-9-7-14-6-5-12-3-2-4-13-8-10-16(15)18(14)17(12)13/h2-11,19H,1H3/t11-/m0/s1. The van der Waals surface area contributed by atoms with Crippen LogP contribution in [0.3, 0.4) is 0 Å². The van der Waals surface area contributed by atoms with Gasteiger partial charge >= 0.3 is 0 Å². The number of benzene rings is 4. The van der Waals surface area contributed by atoms with Crippen LogP contribution in [0.5, 0.6) is 0 Å². The summed E-state index contributed by atoms with van der Waals surface area (Å²) >= 11 is 0. The van der Waals surface area contributed by atoms with Gasteiger partial charge in [-0.25, -0.2) is 0 Å². The Kier molecular flexibility index (Phi) is 2.09. The van der Waals surface area contributed by atoms with Gasteiger partial charge in [0.1, 0.15) is 0 Å². The van der Waals surface area contributed by atoms with Crippen molar-refractivity contribution >= 4 is 32.3 Å². The van der Waals surface area contributed by atoms with E-state index in [0.29, 0.717) is 0 Å². The average Bonchev–Trinajstić information content (AvgIpc) is 2.44. The van der Waals surface area contributed by atoms with Crippen LogP contribution >= 0.6 is 0 Å². The Morgan fingerprint density at radius 2 is 1.32 bits per heavy atom. The van der Waals surface area contributed by atoms with Crippen molar-refractivity contribution in [3.05, 3.63) is 60.2 Å². The third-order valence-electron chi connectivity index (χ3n) is 4.01. The number of aliphatic hydroxyl groups is 1. The average molecular weight is 246 g/mol. The molecule has 0 saturated carbocycles. The Morgan fingerprint density at radius 3 is 2.00 bits per heavy atom. The Morgan fingerprint density at radius 1 is 0.737 bits per heavy atom. The molecule has 0 heterocycles. The highest BCUT2D eigenvalue weighted by Crippen LogP contribution is 2.37. The predicted octanol–water partition coefficient (Wildman–Crippen LogP) is 4.64. The van der Waals surface area contributed by atoms with Crippen molar-refractivity contribution in [1.29, 1.82) is 0 Å². The lowest BCUT2D eigenvalue weighted by Gasteiger charge is -2.15. The first kappa shape index (κ1) is 10.8. The zero-order chi connectivity index (χ0) is 13.0. The van der Waals surface area contributed by atoms with Gasteiger partial charge in [0, 0.05) is 0 Å². The van der Waals surface area contributed by atoms with Gasteiger partial charge in [0.05, 0.1) is 6.10 Å². The molecule has 0 aliphatic rings. The molecule has 4 aromatic rings. The normalized spacial score (nSPS) is 13.6. The summed E-state index contributed by atoms with van der Waals surface area (Å²) in [6.45, 7) is 1.83. The summed E-state index contributed by atoms with van der Waals surface area (Å²) in [5, 5.41) is 17.5. The number of hydrogen-bond acceptors (Lipinski definition) is 1. The van der Waals surface area contributed by atoms with E-state index < -0.39 is 6.10 Å². The molecule has 0 fully saturated rings. The van der Waals surface area contributed by atoms with E-state index in [2.05, 4.69) is 48.5 Å². The van der Waals surface area contributed by atoms with E-state index in [4.69, 9.17) is 0 Å². The van der Waals surface area contributed by atoms with Crippen molar-refractivity contribution in [3.63, 3.8) is 0 Å². The van der Waals surface area contributed by atoms with Crippen LogP contribution in [-0.4, -0.2) is 5.11 Å². The fourth-order valence-corrected chi connectivity index (χ4v) is 3.12. The summed E-state index contributed by atoms with van der Waals surface area (Å²) in [4.78, 5) is 0. The molecule has 1 nitrogen and oxygen atoms in total. The number of hydrogen-bond donors (Lipinski definition) is 1. The van der Waals surface area contributed by atoms with Crippen LogP contribution < -0.4 is 0 Å². The lowest BCUT2D eigenvalue weighted by atomic mass is 9.91. The quantitative estimate of drug-likeness (QED) is 0.485. The molecule has 1 atom stereocenters. The van der Waals surface area contributed by atoms with Gasteiger partial charge in [0.25, 0.3) is 0 Å². The van der Waals surface area contributed by atoms with E-state index in [-0.39, 0.29) is 0 Å². The van der Waals surface area contributed by atoms with E-state index in [9.17, 15) is 5.11 Å². The molecule has 4 aromatic carbocycles. The Bertz CT molecular complexity index is 874. The maximum Gasteiger partial charge on any atom is 0.0767 e. The summed E-state index contributed by atoms with van der Waals surface area (Å²) in [5.41, 5.74) is 1.01. The van der Waals surface area contributed by atoms with Crippen LogP contribution in [0.15, 0.2) is 54.6 Å². The van der Waals surface area contributed by atoms with Crippen LogP contribution in [0.4, 0.5) is 0 Å². The van der Waals surface area contributed by atoms with Crippen molar-refractivity contribution in [3.8, 4) is 0 Å². The highest BCUT2D eigenvalue weighted by molar-refractivity contribution is 6.23. The SMILES string of the molecule is C[C@H](O)c1ccc2ccc3cccc4ccc1c2c34. The molecule has 0 saturated heterocycles. The first-order chi connectivity index (χ1) is 9.25. The maximum absolute atomic E-state index is 9.95. The second-order valence-electron chi connectivity index (χ2n) is 5.19. The second-order valence-corrected chi connectivity index (χ2v) is 5.19. The van der Waals surface area contributed by atoms with Crippen molar-refractivity contribution < 1.29 is 5.11 Å². The van der Waals surface area contributed by atoms with Crippen LogP contribution in [0.25, 0.3) is 32.3 Å². The van der Waals surface area contributed by atoms with Gasteiger partial charge in [-0.05, 0) is 44.8 Å². The summed E-state index contributed by atoms with van der Waals surface area (Å²) in [6.07, 6.45) is -0.440. The largest absolute Gasteiger partial charge is 0.389 e. The van der Waals surface area contributed by atoms with Gasteiger partial charge < -0.3 is 5.11 Å². The molecule has 0 aliphatic heterocycles. The molecule has 0 radical (unpaired) electrons. The second kappa shape index (κ2) is 3.69. The number of rotatable bonds is 1. The van der Waals surface area contributed by atoms with E-state index in [1.54, 1.807) is 0 Å². The Hall–Kier alpha value is -2.12. The van der Waals surface area contributed by atoms with Gasteiger partial charge in [-0.3, -0.25) is 0 Å². The lowest BCUT2D eigenvalue weighted by molar-refractivity contribution is 0.201. The third-order valence-corrected chi connectivity index (χ3v) is 4.01. The molecule has 1 N–H and O–H groups in total. The first-order valence-corrected chi connectivity index (χ1v) is 6.60. The summed E-state index contributed by atoms with van der Waals surface area (Å²) in [7, 11) is 0. The van der Waals surface area contributed by atoms with Gasteiger partial charge in [-0.1, -0.05) is 54.6 Å². The maximum atomic E-state index is 9.95. The van der Waals surface area contributed by atoms with Crippen LogP contribution in [0.1, 0.15) is 18.6 Å². The smallest absolute Gasteiger partial charge is 0.0767 e. The van der Waals surface area contributed by atoms with Gasteiger partial charge in [-0.15, -0.1) is 0 Å². The van der Waals surface area contributed by atoms with E-state index in [1.165, 1.54) is 26.9 Å². The summed E-state index contributed by atoms with van der Waals surface area (Å²) in [6, 6.07) is 19.1. The molecule has 19 heavy (non-hydrogen) atoms. The monoisotopic (exact) mass is 246 g/mol. The molecule has 0 aromatic heterocycles. The fourth-order valence-electron chi connectivity index (χ4n) is 3.12. The summed E-state index contributed by atoms with van der Waals surface area (Å²) in [5.74, 6) is 0. The molecule has 0 aliphatic carbocycles. The molecular weight excluding hydrogens is 232 g/mol. The molecule has 0 unspecified atom stereocenters. The van der Waals surface area contributed by atoms with Gasteiger partial charge in [-0.2, -0.15) is 0 Å². The summed E-state index contributed by atoms with van der Waals surface area (Å²) < 4.78 is 0. The zero-order valence-corrected chi connectivity index (χ0v) is 10.7. The zero-order valence-electron chi connectivity index (χ0n) is 10.7. The van der Waals surface area contributed by atoms with Crippen LogP contribution in [0.2, 0.25) is 0 Å². The highest BCUT2D eigenvalue weighted by atomic mass is 16.3. The molecule has 0 spiro atoms. The minimum atomic E-state index is -0.440. The predicted molar refractivity (Wildman–Crippen MR) is 80.8 cm³/mol. The van der Waals surface area contributed by atoms with Crippen molar-refractivity contribution in [1.82, 2.24) is 0 Å². The molecular formula is C18H14O. The van der Waals surface area contributed by atoms with Gasteiger partial charge in [0.15, 0.2) is 0 Å². The first-order valence-electron chi connectivity index (χ1n) is 6.60. The van der Waals surface area contributed by atoms with E-state index in [0.717, 1.165) is 10.9 Å². The molecule has 0 bridgehead atoms.